The molecule has 18 heavy (non-hydrogen) atoms. The minimum Gasteiger partial charge on any atom is -0.496 e. The molecule has 0 aliphatic heterocycles. The summed E-state index contributed by atoms with van der Waals surface area (Å²) < 4.78 is 5.37. The average molecular weight is 238 g/mol. The van der Waals surface area contributed by atoms with Crippen LogP contribution in [0.1, 0.15) is 22.3 Å². The van der Waals surface area contributed by atoms with Crippen LogP contribution in [0, 0.1) is 0 Å². The van der Waals surface area contributed by atoms with E-state index in [4.69, 9.17) is 4.74 Å². The molecule has 0 unspecified atom stereocenters. The first-order valence-electron chi connectivity index (χ1n) is 6.09. The van der Waals surface area contributed by atoms with E-state index in [1.54, 1.807) is 7.11 Å². The molecule has 1 aliphatic rings. The zero-order valence-corrected chi connectivity index (χ0v) is 10.3. The Bertz CT molecular complexity index is 614. The molecular weight excluding hydrogens is 224 g/mol. The third-order valence-electron chi connectivity index (χ3n) is 3.45. The SMILES string of the molecule is COc1ccccc1-c1ccc2c(c1)CCC2=O. The van der Waals surface area contributed by atoms with Gasteiger partial charge in [0.05, 0.1) is 7.11 Å². The highest BCUT2D eigenvalue weighted by Crippen LogP contribution is 2.33. The van der Waals surface area contributed by atoms with Crippen molar-refractivity contribution in [2.45, 2.75) is 12.8 Å². The predicted molar refractivity (Wildman–Crippen MR) is 71.1 cm³/mol. The number of ether oxygens (including phenoxy) is 1. The van der Waals surface area contributed by atoms with Gasteiger partial charge in [-0.25, -0.2) is 0 Å². The molecule has 2 nitrogen and oxygen atoms in total. The van der Waals surface area contributed by atoms with E-state index in [1.165, 1.54) is 0 Å². The Morgan fingerprint density at radius 2 is 1.83 bits per heavy atom. The second kappa shape index (κ2) is 4.30. The lowest BCUT2D eigenvalue weighted by atomic mass is 10.00. The fourth-order valence-corrected chi connectivity index (χ4v) is 2.51. The summed E-state index contributed by atoms with van der Waals surface area (Å²) in [5.74, 6) is 1.12. The molecule has 2 aromatic rings. The first-order valence-corrected chi connectivity index (χ1v) is 6.09. The number of aryl methyl sites for hydroxylation is 1. The van der Waals surface area contributed by atoms with Crippen molar-refractivity contribution in [3.8, 4) is 16.9 Å². The van der Waals surface area contributed by atoms with Gasteiger partial charge in [-0.2, -0.15) is 0 Å². The topological polar surface area (TPSA) is 26.3 Å². The molecular formula is C16H14O2. The standard InChI is InChI=1S/C16H14O2/c1-18-16-5-3-2-4-14(16)12-6-8-13-11(10-12)7-9-15(13)17/h2-6,8,10H,7,9H2,1H3. The van der Waals surface area contributed by atoms with Crippen molar-refractivity contribution in [1.82, 2.24) is 0 Å². The Kier molecular flexibility index (Phi) is 2.63. The van der Waals surface area contributed by atoms with Gasteiger partial charge in [0.25, 0.3) is 0 Å². The molecule has 1 aliphatic carbocycles. The molecule has 0 radical (unpaired) electrons. The number of carbonyl (C=O) groups excluding carboxylic acids is 1. The van der Waals surface area contributed by atoms with Gasteiger partial charge in [-0.05, 0) is 23.6 Å². The highest BCUT2D eigenvalue weighted by molar-refractivity contribution is 6.01. The molecule has 0 N–H and O–H groups in total. The molecule has 0 bridgehead atoms. The number of benzene rings is 2. The fourth-order valence-electron chi connectivity index (χ4n) is 2.51. The Hall–Kier alpha value is -2.09. The summed E-state index contributed by atoms with van der Waals surface area (Å²) in [6.45, 7) is 0. The lowest BCUT2D eigenvalue weighted by Crippen LogP contribution is -1.92. The van der Waals surface area contributed by atoms with Crippen molar-refractivity contribution in [3.63, 3.8) is 0 Å². The summed E-state index contributed by atoms with van der Waals surface area (Å²) in [5.41, 5.74) is 4.22. The molecule has 0 heterocycles. The van der Waals surface area contributed by atoms with Crippen LogP contribution in [0.3, 0.4) is 0 Å². The fraction of sp³-hybridized carbons (Fsp3) is 0.188. The number of ketones is 1. The minimum absolute atomic E-state index is 0.261. The van der Waals surface area contributed by atoms with Gasteiger partial charge in [0.15, 0.2) is 5.78 Å². The second-order valence-electron chi connectivity index (χ2n) is 4.50. The summed E-state index contributed by atoms with van der Waals surface area (Å²) in [6, 6.07) is 14.0. The Morgan fingerprint density at radius 3 is 2.67 bits per heavy atom. The van der Waals surface area contributed by atoms with E-state index in [9.17, 15) is 4.79 Å². The lowest BCUT2D eigenvalue weighted by Gasteiger charge is -2.09. The Labute approximate surface area is 106 Å². The van der Waals surface area contributed by atoms with Crippen molar-refractivity contribution in [3.05, 3.63) is 53.6 Å². The third kappa shape index (κ3) is 1.70. The van der Waals surface area contributed by atoms with Crippen LogP contribution >= 0.6 is 0 Å². The molecule has 2 heteroatoms. The van der Waals surface area contributed by atoms with Gasteiger partial charge >= 0.3 is 0 Å². The molecule has 0 fully saturated rings. The quantitative estimate of drug-likeness (QED) is 0.800. The summed E-state index contributed by atoms with van der Waals surface area (Å²) in [6.07, 6.45) is 1.50. The Balaban J connectivity index is 2.11. The predicted octanol–water partition coefficient (Wildman–Crippen LogP) is 3.49. The number of para-hydroxylation sites is 1. The Morgan fingerprint density at radius 1 is 1.00 bits per heavy atom. The maximum absolute atomic E-state index is 11.6. The maximum Gasteiger partial charge on any atom is 0.163 e. The molecule has 0 saturated heterocycles. The van der Waals surface area contributed by atoms with Crippen LogP contribution < -0.4 is 4.74 Å². The van der Waals surface area contributed by atoms with Crippen molar-refractivity contribution in [2.75, 3.05) is 7.11 Å². The van der Waals surface area contributed by atoms with Crippen LogP contribution in [0.15, 0.2) is 42.5 Å². The van der Waals surface area contributed by atoms with Crippen LogP contribution in [0.4, 0.5) is 0 Å². The summed E-state index contributed by atoms with van der Waals surface area (Å²) in [5, 5.41) is 0. The van der Waals surface area contributed by atoms with Crippen molar-refractivity contribution < 1.29 is 9.53 Å². The number of fused-ring (bicyclic) bond motifs is 1. The number of Topliss-reactive ketones (excluding diaryl/α,β-unsaturated/α-hetero) is 1. The van der Waals surface area contributed by atoms with E-state index in [1.807, 2.05) is 36.4 Å². The maximum atomic E-state index is 11.6. The molecule has 0 amide bonds. The van der Waals surface area contributed by atoms with E-state index in [0.717, 1.165) is 34.4 Å². The van der Waals surface area contributed by atoms with E-state index >= 15 is 0 Å². The second-order valence-corrected chi connectivity index (χ2v) is 4.50. The van der Waals surface area contributed by atoms with E-state index in [0.29, 0.717) is 6.42 Å². The van der Waals surface area contributed by atoms with Crippen molar-refractivity contribution >= 4 is 5.78 Å². The molecule has 0 saturated carbocycles. The molecule has 0 atom stereocenters. The van der Waals surface area contributed by atoms with Crippen molar-refractivity contribution in [2.24, 2.45) is 0 Å². The highest BCUT2D eigenvalue weighted by Gasteiger charge is 2.19. The largest absolute Gasteiger partial charge is 0.496 e. The lowest BCUT2D eigenvalue weighted by molar-refractivity contribution is 0.0994. The summed E-state index contributed by atoms with van der Waals surface area (Å²) in [7, 11) is 1.68. The normalized spacial score (nSPS) is 13.5. The van der Waals surface area contributed by atoms with Gasteiger partial charge in [-0.15, -0.1) is 0 Å². The molecule has 3 rings (SSSR count). The van der Waals surface area contributed by atoms with Crippen LogP contribution in [-0.2, 0) is 6.42 Å². The zero-order valence-electron chi connectivity index (χ0n) is 10.3. The summed E-state index contributed by atoms with van der Waals surface area (Å²) >= 11 is 0. The molecule has 90 valence electrons. The van der Waals surface area contributed by atoms with Gasteiger partial charge in [0.1, 0.15) is 5.75 Å². The molecule has 2 aromatic carbocycles. The zero-order chi connectivity index (χ0) is 12.5. The average Bonchev–Trinajstić information content (AvgIpc) is 2.80. The van der Waals surface area contributed by atoms with Gasteiger partial charge in [-0.3, -0.25) is 4.79 Å². The first-order chi connectivity index (χ1) is 8.79. The first kappa shape index (κ1) is 11.0. The number of hydrogen-bond donors (Lipinski definition) is 0. The minimum atomic E-state index is 0.261. The number of methoxy groups -OCH3 is 1. The molecule has 0 aromatic heterocycles. The summed E-state index contributed by atoms with van der Waals surface area (Å²) in [4.78, 5) is 11.6. The van der Waals surface area contributed by atoms with Crippen LogP contribution in [0.5, 0.6) is 5.75 Å². The monoisotopic (exact) mass is 238 g/mol. The molecule has 0 spiro atoms. The smallest absolute Gasteiger partial charge is 0.163 e. The number of rotatable bonds is 2. The van der Waals surface area contributed by atoms with Gasteiger partial charge in [0.2, 0.25) is 0 Å². The number of hydrogen-bond acceptors (Lipinski definition) is 2. The third-order valence-corrected chi connectivity index (χ3v) is 3.45. The van der Waals surface area contributed by atoms with Crippen LogP contribution in [-0.4, -0.2) is 12.9 Å². The van der Waals surface area contributed by atoms with Gasteiger partial charge in [0, 0.05) is 17.5 Å². The van der Waals surface area contributed by atoms with E-state index in [2.05, 4.69) is 6.07 Å². The highest BCUT2D eigenvalue weighted by atomic mass is 16.5. The van der Waals surface area contributed by atoms with Gasteiger partial charge in [-0.1, -0.05) is 36.4 Å². The van der Waals surface area contributed by atoms with Crippen LogP contribution in [0.25, 0.3) is 11.1 Å². The van der Waals surface area contributed by atoms with E-state index < -0.39 is 0 Å². The van der Waals surface area contributed by atoms with Gasteiger partial charge < -0.3 is 4.74 Å². The van der Waals surface area contributed by atoms with Crippen molar-refractivity contribution in [1.29, 1.82) is 0 Å². The van der Waals surface area contributed by atoms with Crippen LogP contribution in [0.2, 0.25) is 0 Å². The van der Waals surface area contributed by atoms with E-state index in [-0.39, 0.29) is 5.78 Å². The number of carbonyl (C=O) groups is 1.